The van der Waals surface area contributed by atoms with E-state index in [1.54, 1.807) is 11.3 Å². The van der Waals surface area contributed by atoms with E-state index >= 15 is 0 Å². The molecular weight excluding hydrogens is 354 g/mol. The number of fused-ring (bicyclic) bond motifs is 1. The van der Waals surface area contributed by atoms with Gasteiger partial charge >= 0.3 is 0 Å². The van der Waals surface area contributed by atoms with Crippen molar-refractivity contribution in [1.82, 2.24) is 19.5 Å². The third-order valence-electron chi connectivity index (χ3n) is 4.72. The number of benzene rings is 1. The predicted octanol–water partition coefficient (Wildman–Crippen LogP) is 5.41. The summed E-state index contributed by atoms with van der Waals surface area (Å²) >= 11 is 1.64. The summed E-state index contributed by atoms with van der Waals surface area (Å²) in [6, 6.07) is 12.8. The fourth-order valence-electron chi connectivity index (χ4n) is 3.53. The van der Waals surface area contributed by atoms with Gasteiger partial charge in [-0.05, 0) is 25.3 Å². The minimum absolute atomic E-state index is 0.346. The summed E-state index contributed by atoms with van der Waals surface area (Å²) in [4.78, 5) is 15.3. The van der Waals surface area contributed by atoms with Crippen LogP contribution in [-0.2, 0) is 0 Å². The molecule has 0 amide bonds. The Kier molecular flexibility index (Phi) is 4.66. The Balaban J connectivity index is 1.92. The summed E-state index contributed by atoms with van der Waals surface area (Å²) in [5.41, 5.74) is 9.29. The van der Waals surface area contributed by atoms with Crippen molar-refractivity contribution in [1.29, 1.82) is 0 Å². The van der Waals surface area contributed by atoms with Crippen LogP contribution in [0.15, 0.2) is 49.1 Å². The molecule has 0 saturated heterocycles. The lowest BCUT2D eigenvalue weighted by Gasteiger charge is -2.18. The second-order valence-electron chi connectivity index (χ2n) is 7.28. The molecule has 0 bridgehead atoms. The van der Waals surface area contributed by atoms with E-state index in [4.69, 9.17) is 10.7 Å². The van der Waals surface area contributed by atoms with Crippen molar-refractivity contribution in [2.75, 3.05) is 5.73 Å². The Hall–Kier alpha value is -2.73. The highest BCUT2D eigenvalue weighted by atomic mass is 32.1. The zero-order chi connectivity index (χ0) is 19.0. The maximum Gasteiger partial charge on any atom is 0.135 e. The second kappa shape index (κ2) is 7.12. The molecule has 1 unspecified atom stereocenters. The molecule has 0 aliphatic heterocycles. The summed E-state index contributed by atoms with van der Waals surface area (Å²) in [5.74, 6) is 1.13. The van der Waals surface area contributed by atoms with Crippen LogP contribution in [0.25, 0.3) is 32.0 Å². The van der Waals surface area contributed by atoms with Crippen molar-refractivity contribution in [3.8, 4) is 21.8 Å². The quantitative estimate of drug-likeness (QED) is 0.505. The highest BCUT2D eigenvalue weighted by Crippen LogP contribution is 2.40. The average molecular weight is 378 g/mol. The molecule has 4 rings (SSSR count). The van der Waals surface area contributed by atoms with Crippen LogP contribution in [0.5, 0.6) is 0 Å². The van der Waals surface area contributed by atoms with Crippen LogP contribution in [-0.4, -0.2) is 19.5 Å². The average Bonchev–Trinajstić information content (AvgIpc) is 3.26. The molecule has 6 heteroatoms. The Morgan fingerprint density at radius 2 is 1.85 bits per heavy atom. The van der Waals surface area contributed by atoms with E-state index in [-0.39, 0.29) is 0 Å². The van der Waals surface area contributed by atoms with E-state index < -0.39 is 0 Å². The lowest BCUT2D eigenvalue weighted by atomic mass is 10.0. The first kappa shape index (κ1) is 17.7. The molecule has 0 radical (unpaired) electrons. The first-order valence-electron chi connectivity index (χ1n) is 9.17. The molecule has 0 spiro atoms. The van der Waals surface area contributed by atoms with Gasteiger partial charge in [0.15, 0.2) is 0 Å². The van der Waals surface area contributed by atoms with Gasteiger partial charge in [-0.2, -0.15) is 0 Å². The summed E-state index contributed by atoms with van der Waals surface area (Å²) in [5, 5.41) is 0.903. The molecule has 4 aromatic rings. The number of nitrogen functional groups attached to an aromatic ring is 1. The molecule has 0 aliphatic rings. The number of nitrogens with two attached hydrogens (primary N) is 1. The van der Waals surface area contributed by atoms with Gasteiger partial charge in [0.1, 0.15) is 17.0 Å². The minimum atomic E-state index is 0.346. The van der Waals surface area contributed by atoms with Crippen molar-refractivity contribution in [2.24, 2.45) is 5.92 Å². The SMILES string of the molecule is CC(C)CC(C)n1cnc(-c2ccccc2)c1-c1cc2c(N)ncnc2s1. The second-order valence-corrected chi connectivity index (χ2v) is 8.31. The fourth-order valence-corrected chi connectivity index (χ4v) is 4.59. The molecule has 0 fully saturated rings. The van der Waals surface area contributed by atoms with Gasteiger partial charge < -0.3 is 10.3 Å². The predicted molar refractivity (Wildman–Crippen MR) is 113 cm³/mol. The number of aromatic nitrogens is 4. The van der Waals surface area contributed by atoms with Crippen molar-refractivity contribution >= 4 is 27.4 Å². The standard InChI is InChI=1S/C21H23N5S/c1-13(2)9-14(3)26-12-25-18(15-7-5-4-6-8-15)19(26)17-10-16-20(22)23-11-24-21(16)27-17/h4-8,10-14H,9H2,1-3H3,(H2,22,23,24). The van der Waals surface area contributed by atoms with Gasteiger partial charge in [-0.25, -0.2) is 15.0 Å². The zero-order valence-electron chi connectivity index (χ0n) is 15.8. The van der Waals surface area contributed by atoms with Crippen molar-refractivity contribution < 1.29 is 0 Å². The molecule has 27 heavy (non-hydrogen) atoms. The largest absolute Gasteiger partial charge is 0.383 e. The summed E-state index contributed by atoms with van der Waals surface area (Å²) < 4.78 is 2.29. The van der Waals surface area contributed by atoms with E-state index in [9.17, 15) is 0 Å². The number of thiophene rings is 1. The van der Waals surface area contributed by atoms with E-state index in [0.717, 1.165) is 38.5 Å². The van der Waals surface area contributed by atoms with Crippen LogP contribution in [0.4, 0.5) is 5.82 Å². The maximum absolute atomic E-state index is 6.07. The highest BCUT2D eigenvalue weighted by Gasteiger charge is 2.21. The van der Waals surface area contributed by atoms with Crippen molar-refractivity contribution in [2.45, 2.75) is 33.2 Å². The molecule has 1 atom stereocenters. The topological polar surface area (TPSA) is 69.6 Å². The van der Waals surface area contributed by atoms with E-state index in [1.807, 2.05) is 24.5 Å². The highest BCUT2D eigenvalue weighted by molar-refractivity contribution is 7.21. The smallest absolute Gasteiger partial charge is 0.135 e. The van der Waals surface area contributed by atoms with Gasteiger partial charge in [-0.1, -0.05) is 44.2 Å². The van der Waals surface area contributed by atoms with Crippen LogP contribution >= 0.6 is 11.3 Å². The summed E-state index contributed by atoms with van der Waals surface area (Å²) in [6.45, 7) is 6.75. The number of rotatable bonds is 5. The van der Waals surface area contributed by atoms with Crippen LogP contribution < -0.4 is 5.73 Å². The molecule has 3 aromatic heterocycles. The first-order chi connectivity index (χ1) is 13.0. The molecule has 5 nitrogen and oxygen atoms in total. The van der Waals surface area contributed by atoms with Crippen LogP contribution in [0.3, 0.4) is 0 Å². The van der Waals surface area contributed by atoms with Gasteiger partial charge in [-0.15, -0.1) is 11.3 Å². The number of nitrogens with zero attached hydrogens (tertiary/aromatic N) is 4. The molecule has 138 valence electrons. The Morgan fingerprint density at radius 1 is 1.07 bits per heavy atom. The minimum Gasteiger partial charge on any atom is -0.383 e. The monoisotopic (exact) mass is 377 g/mol. The molecule has 0 aliphatic carbocycles. The van der Waals surface area contributed by atoms with Crippen LogP contribution in [0.2, 0.25) is 0 Å². The molecule has 0 saturated carbocycles. The lowest BCUT2D eigenvalue weighted by Crippen LogP contribution is -2.08. The Morgan fingerprint density at radius 3 is 2.56 bits per heavy atom. The number of anilines is 1. The van der Waals surface area contributed by atoms with Gasteiger partial charge in [0.2, 0.25) is 0 Å². The normalized spacial score (nSPS) is 12.7. The van der Waals surface area contributed by atoms with Crippen molar-refractivity contribution in [3.63, 3.8) is 0 Å². The van der Waals surface area contributed by atoms with E-state index in [2.05, 4.69) is 53.5 Å². The van der Waals surface area contributed by atoms with Gasteiger partial charge in [-0.3, -0.25) is 0 Å². The number of hydrogen-bond acceptors (Lipinski definition) is 5. The fraction of sp³-hybridized carbons (Fsp3) is 0.286. The van der Waals surface area contributed by atoms with Crippen LogP contribution in [0, 0.1) is 5.92 Å². The molecule has 1 aromatic carbocycles. The maximum atomic E-state index is 6.07. The van der Waals surface area contributed by atoms with E-state index in [1.165, 1.54) is 6.33 Å². The number of hydrogen-bond donors (Lipinski definition) is 1. The Labute approximate surface area is 162 Å². The van der Waals surface area contributed by atoms with Crippen molar-refractivity contribution in [3.05, 3.63) is 49.1 Å². The van der Waals surface area contributed by atoms with E-state index in [0.29, 0.717) is 17.8 Å². The third kappa shape index (κ3) is 3.32. The van der Waals surface area contributed by atoms with Crippen LogP contribution in [0.1, 0.15) is 33.2 Å². The third-order valence-corrected chi connectivity index (χ3v) is 5.77. The zero-order valence-corrected chi connectivity index (χ0v) is 16.6. The Bertz CT molecular complexity index is 1060. The van der Waals surface area contributed by atoms with Gasteiger partial charge in [0.25, 0.3) is 0 Å². The molecule has 2 N–H and O–H groups in total. The molecule has 3 heterocycles. The number of imidazole rings is 1. The molecular formula is C21H23N5S. The summed E-state index contributed by atoms with van der Waals surface area (Å²) in [6.07, 6.45) is 4.57. The lowest BCUT2D eigenvalue weighted by molar-refractivity contribution is 0.430. The first-order valence-corrected chi connectivity index (χ1v) is 9.99. The van der Waals surface area contributed by atoms with Gasteiger partial charge in [0.05, 0.1) is 28.0 Å². The summed E-state index contributed by atoms with van der Waals surface area (Å²) in [7, 11) is 0. The van der Waals surface area contributed by atoms with Gasteiger partial charge in [0, 0.05) is 11.6 Å².